The van der Waals surface area contributed by atoms with Crippen LogP contribution in [-0.4, -0.2) is 4.98 Å². The highest BCUT2D eigenvalue weighted by Gasteiger charge is 2.04. The number of nitrogens with zero attached hydrogens (tertiary/aromatic N) is 1. The number of halogens is 1. The third-order valence-electron chi connectivity index (χ3n) is 2.64. The molecule has 1 aromatic heterocycles. The van der Waals surface area contributed by atoms with E-state index in [1.165, 1.54) is 6.07 Å². The first-order chi connectivity index (χ1) is 8.56. The molecule has 1 heterocycles. The molecule has 0 unspecified atom stereocenters. The molecule has 0 aliphatic rings. The van der Waals surface area contributed by atoms with Crippen LogP contribution in [0, 0.1) is 12.7 Å². The molecule has 0 bridgehead atoms. The molecule has 0 saturated heterocycles. The van der Waals surface area contributed by atoms with E-state index in [-0.39, 0.29) is 11.9 Å². The molecule has 0 radical (unpaired) electrons. The van der Waals surface area contributed by atoms with Crippen molar-refractivity contribution in [2.45, 2.75) is 19.9 Å². The summed E-state index contributed by atoms with van der Waals surface area (Å²) in [6, 6.07) is 8.14. The van der Waals surface area contributed by atoms with Gasteiger partial charge in [-0.1, -0.05) is 6.07 Å². The van der Waals surface area contributed by atoms with Crippen LogP contribution in [-0.2, 0) is 0 Å². The third kappa shape index (κ3) is 2.84. The van der Waals surface area contributed by atoms with E-state index in [2.05, 4.69) is 4.98 Å². The lowest BCUT2D eigenvalue weighted by molar-refractivity contribution is 0.460. The number of hydrogen-bond acceptors (Lipinski definition) is 3. The highest BCUT2D eigenvalue weighted by molar-refractivity contribution is 5.32. The zero-order chi connectivity index (χ0) is 13.1. The number of ether oxygens (including phenoxy) is 1. The van der Waals surface area contributed by atoms with Gasteiger partial charge in [-0.15, -0.1) is 0 Å². The normalized spacial score (nSPS) is 12.2. The SMILES string of the molecule is Cc1cc(Oc2ccc([C@@H](C)N)cn2)ccc1F. The van der Waals surface area contributed by atoms with Gasteiger partial charge in [0, 0.05) is 18.3 Å². The standard InChI is InChI=1S/C14H15FN2O/c1-9-7-12(4-5-13(9)15)18-14-6-3-11(8-17-14)10(2)16/h3-8,10H,16H2,1-2H3/t10-/m1/s1. The maximum absolute atomic E-state index is 13.1. The zero-order valence-corrected chi connectivity index (χ0v) is 10.4. The van der Waals surface area contributed by atoms with Crippen molar-refractivity contribution in [3.8, 4) is 11.6 Å². The molecule has 0 saturated carbocycles. The Kier molecular flexibility index (Phi) is 3.58. The van der Waals surface area contributed by atoms with Gasteiger partial charge in [-0.3, -0.25) is 0 Å². The van der Waals surface area contributed by atoms with Crippen molar-refractivity contribution in [1.82, 2.24) is 4.98 Å². The predicted molar refractivity (Wildman–Crippen MR) is 68.1 cm³/mol. The van der Waals surface area contributed by atoms with Crippen molar-refractivity contribution in [3.05, 3.63) is 53.5 Å². The Balaban J connectivity index is 2.15. The van der Waals surface area contributed by atoms with Gasteiger partial charge in [0.15, 0.2) is 0 Å². The van der Waals surface area contributed by atoms with Crippen molar-refractivity contribution in [1.29, 1.82) is 0 Å². The average molecular weight is 246 g/mol. The van der Waals surface area contributed by atoms with Crippen LogP contribution < -0.4 is 10.5 Å². The second-order valence-corrected chi connectivity index (χ2v) is 4.23. The van der Waals surface area contributed by atoms with Gasteiger partial charge in [0.05, 0.1) is 0 Å². The smallest absolute Gasteiger partial charge is 0.219 e. The van der Waals surface area contributed by atoms with E-state index >= 15 is 0 Å². The van der Waals surface area contributed by atoms with Crippen LogP contribution in [0.1, 0.15) is 24.1 Å². The van der Waals surface area contributed by atoms with Gasteiger partial charge < -0.3 is 10.5 Å². The van der Waals surface area contributed by atoms with Crippen molar-refractivity contribution < 1.29 is 9.13 Å². The van der Waals surface area contributed by atoms with Crippen LogP contribution in [0.15, 0.2) is 36.5 Å². The van der Waals surface area contributed by atoms with Crippen molar-refractivity contribution in [2.24, 2.45) is 5.73 Å². The first-order valence-corrected chi connectivity index (χ1v) is 5.72. The first-order valence-electron chi connectivity index (χ1n) is 5.72. The predicted octanol–water partition coefficient (Wildman–Crippen LogP) is 3.34. The maximum atomic E-state index is 13.1. The lowest BCUT2D eigenvalue weighted by Crippen LogP contribution is -2.05. The fraction of sp³-hybridized carbons (Fsp3) is 0.214. The lowest BCUT2D eigenvalue weighted by Gasteiger charge is -2.08. The summed E-state index contributed by atoms with van der Waals surface area (Å²) in [7, 11) is 0. The lowest BCUT2D eigenvalue weighted by atomic mass is 10.2. The Hall–Kier alpha value is -1.94. The van der Waals surface area contributed by atoms with Crippen LogP contribution >= 0.6 is 0 Å². The minimum atomic E-state index is -0.248. The summed E-state index contributed by atoms with van der Waals surface area (Å²) in [4.78, 5) is 4.15. The molecule has 4 heteroatoms. The molecule has 2 aromatic rings. The van der Waals surface area contributed by atoms with E-state index in [0.29, 0.717) is 17.2 Å². The molecule has 3 nitrogen and oxygen atoms in total. The van der Waals surface area contributed by atoms with Gasteiger partial charge in [0.2, 0.25) is 5.88 Å². The summed E-state index contributed by atoms with van der Waals surface area (Å²) in [6.07, 6.45) is 1.68. The van der Waals surface area contributed by atoms with E-state index in [1.807, 2.05) is 13.0 Å². The van der Waals surface area contributed by atoms with Gasteiger partial charge in [-0.2, -0.15) is 0 Å². The Morgan fingerprint density at radius 3 is 2.61 bits per heavy atom. The molecule has 0 aliphatic heterocycles. The Bertz CT molecular complexity index is 538. The average Bonchev–Trinajstić information content (AvgIpc) is 2.34. The van der Waals surface area contributed by atoms with E-state index in [4.69, 9.17) is 10.5 Å². The van der Waals surface area contributed by atoms with Crippen LogP contribution in [0.3, 0.4) is 0 Å². The van der Waals surface area contributed by atoms with Gasteiger partial charge >= 0.3 is 0 Å². The van der Waals surface area contributed by atoms with Crippen LogP contribution in [0.25, 0.3) is 0 Å². The minimum Gasteiger partial charge on any atom is -0.439 e. The number of aryl methyl sites for hydroxylation is 1. The number of rotatable bonds is 3. The number of benzene rings is 1. The van der Waals surface area contributed by atoms with E-state index < -0.39 is 0 Å². The van der Waals surface area contributed by atoms with Crippen LogP contribution in [0.5, 0.6) is 11.6 Å². The topological polar surface area (TPSA) is 48.1 Å². The number of nitrogens with two attached hydrogens (primary N) is 1. The van der Waals surface area contributed by atoms with E-state index in [1.54, 1.807) is 31.3 Å². The summed E-state index contributed by atoms with van der Waals surface area (Å²) in [6.45, 7) is 3.58. The first kappa shape index (κ1) is 12.5. The maximum Gasteiger partial charge on any atom is 0.219 e. The second-order valence-electron chi connectivity index (χ2n) is 4.23. The molecule has 0 fully saturated rings. The van der Waals surface area contributed by atoms with Gasteiger partial charge in [-0.25, -0.2) is 9.37 Å². The fourth-order valence-electron chi connectivity index (χ4n) is 1.52. The second kappa shape index (κ2) is 5.14. The molecular weight excluding hydrogens is 231 g/mol. The largest absolute Gasteiger partial charge is 0.439 e. The molecule has 1 atom stereocenters. The molecule has 1 aromatic carbocycles. The van der Waals surface area contributed by atoms with Crippen LogP contribution in [0.2, 0.25) is 0 Å². The van der Waals surface area contributed by atoms with Crippen LogP contribution in [0.4, 0.5) is 4.39 Å². The van der Waals surface area contributed by atoms with Crippen molar-refractivity contribution in [2.75, 3.05) is 0 Å². The van der Waals surface area contributed by atoms with E-state index in [0.717, 1.165) is 5.56 Å². The molecule has 18 heavy (non-hydrogen) atoms. The monoisotopic (exact) mass is 246 g/mol. The molecular formula is C14H15FN2O. The molecule has 2 N–H and O–H groups in total. The fourth-order valence-corrected chi connectivity index (χ4v) is 1.52. The van der Waals surface area contributed by atoms with E-state index in [9.17, 15) is 4.39 Å². The Morgan fingerprint density at radius 2 is 2.06 bits per heavy atom. The van der Waals surface area contributed by atoms with Crippen molar-refractivity contribution >= 4 is 0 Å². The number of pyridine rings is 1. The summed E-state index contributed by atoms with van der Waals surface area (Å²) in [5.41, 5.74) is 7.21. The highest BCUT2D eigenvalue weighted by Crippen LogP contribution is 2.22. The zero-order valence-electron chi connectivity index (χ0n) is 10.4. The summed E-state index contributed by atoms with van der Waals surface area (Å²) < 4.78 is 18.6. The molecule has 0 spiro atoms. The quantitative estimate of drug-likeness (QED) is 0.903. The molecule has 2 rings (SSSR count). The number of aromatic nitrogens is 1. The summed E-state index contributed by atoms with van der Waals surface area (Å²) >= 11 is 0. The molecule has 0 amide bonds. The summed E-state index contributed by atoms with van der Waals surface area (Å²) in [5, 5.41) is 0. The Morgan fingerprint density at radius 1 is 1.28 bits per heavy atom. The summed E-state index contributed by atoms with van der Waals surface area (Å²) in [5.74, 6) is 0.781. The Labute approximate surface area is 105 Å². The van der Waals surface area contributed by atoms with Gasteiger partial charge in [0.1, 0.15) is 11.6 Å². The highest BCUT2D eigenvalue weighted by atomic mass is 19.1. The molecule has 0 aliphatic carbocycles. The molecule has 94 valence electrons. The number of hydrogen-bond donors (Lipinski definition) is 1. The minimum absolute atomic E-state index is 0.0559. The third-order valence-corrected chi connectivity index (χ3v) is 2.64. The van der Waals surface area contributed by atoms with Crippen molar-refractivity contribution in [3.63, 3.8) is 0 Å². The van der Waals surface area contributed by atoms with Gasteiger partial charge in [-0.05, 0) is 43.2 Å². The van der Waals surface area contributed by atoms with Gasteiger partial charge in [0.25, 0.3) is 0 Å².